The number of fused-ring (bicyclic) bond motifs is 1. The van der Waals surface area contributed by atoms with Crippen molar-refractivity contribution < 1.29 is 13.2 Å². The van der Waals surface area contributed by atoms with Gasteiger partial charge in [-0.3, -0.25) is 4.79 Å². The summed E-state index contributed by atoms with van der Waals surface area (Å²) in [5.41, 5.74) is 4.03. The molecule has 0 unspecified atom stereocenters. The molecule has 0 atom stereocenters. The van der Waals surface area contributed by atoms with E-state index in [2.05, 4.69) is 44.2 Å². The Hall–Kier alpha value is -3.23. The van der Waals surface area contributed by atoms with Gasteiger partial charge in [0.2, 0.25) is 10.0 Å². The van der Waals surface area contributed by atoms with Crippen LogP contribution in [0.4, 0.5) is 5.82 Å². The first kappa shape index (κ1) is 22.0. The van der Waals surface area contributed by atoms with E-state index >= 15 is 0 Å². The normalized spacial score (nSPS) is 13.5. The third-order valence-corrected chi connectivity index (χ3v) is 7.04. The molecule has 2 aromatic carbocycles. The number of amides is 1. The van der Waals surface area contributed by atoms with E-state index in [4.69, 9.17) is 0 Å². The lowest BCUT2D eigenvalue weighted by molar-refractivity contribution is 0.0951. The van der Waals surface area contributed by atoms with Crippen molar-refractivity contribution in [3.63, 3.8) is 0 Å². The van der Waals surface area contributed by atoms with E-state index < -0.39 is 10.0 Å². The van der Waals surface area contributed by atoms with Crippen LogP contribution in [0, 0.1) is 0 Å². The van der Waals surface area contributed by atoms with E-state index in [1.165, 1.54) is 35.4 Å². The van der Waals surface area contributed by atoms with Crippen LogP contribution in [-0.4, -0.2) is 32.4 Å². The van der Waals surface area contributed by atoms with E-state index in [1.54, 1.807) is 13.1 Å². The quantitative estimate of drug-likeness (QED) is 0.578. The third kappa shape index (κ3) is 4.98. The smallest absolute Gasteiger partial charge is 0.251 e. The van der Waals surface area contributed by atoms with Crippen LogP contribution >= 0.6 is 0 Å². The summed E-state index contributed by atoms with van der Waals surface area (Å²) < 4.78 is 26.4. The number of anilines is 1. The molecule has 2 heterocycles. The van der Waals surface area contributed by atoms with Crippen LogP contribution in [0.2, 0.25) is 0 Å². The summed E-state index contributed by atoms with van der Waals surface area (Å²) in [4.78, 5) is 19.4. The van der Waals surface area contributed by atoms with Gasteiger partial charge in [0.1, 0.15) is 5.82 Å². The van der Waals surface area contributed by atoms with Crippen molar-refractivity contribution in [1.29, 1.82) is 0 Å². The Morgan fingerprint density at radius 3 is 2.47 bits per heavy atom. The van der Waals surface area contributed by atoms with Gasteiger partial charge in [0.05, 0.1) is 4.90 Å². The van der Waals surface area contributed by atoms with Gasteiger partial charge in [-0.2, -0.15) is 0 Å². The Kier molecular flexibility index (Phi) is 6.53. The lowest BCUT2D eigenvalue weighted by Crippen LogP contribution is -2.31. The highest BCUT2D eigenvalue weighted by atomic mass is 32.2. The predicted molar refractivity (Wildman–Crippen MR) is 124 cm³/mol. The average molecular weight is 451 g/mol. The second-order valence-corrected chi connectivity index (χ2v) is 9.44. The van der Waals surface area contributed by atoms with Crippen molar-refractivity contribution in [2.75, 3.05) is 18.0 Å². The second-order valence-electron chi connectivity index (χ2n) is 7.67. The molecule has 0 saturated heterocycles. The summed E-state index contributed by atoms with van der Waals surface area (Å²) >= 11 is 0. The molecule has 3 aromatic rings. The maximum Gasteiger partial charge on any atom is 0.251 e. The van der Waals surface area contributed by atoms with E-state index in [0.29, 0.717) is 18.7 Å². The molecule has 2 N–H and O–H groups in total. The third-order valence-electron chi connectivity index (χ3n) is 5.48. The summed E-state index contributed by atoms with van der Waals surface area (Å²) in [5.74, 6) is 0.654. The van der Waals surface area contributed by atoms with Gasteiger partial charge >= 0.3 is 0 Å². The van der Waals surface area contributed by atoms with Crippen LogP contribution in [0.3, 0.4) is 0 Å². The Morgan fingerprint density at radius 2 is 1.78 bits per heavy atom. The number of benzene rings is 2. The van der Waals surface area contributed by atoms with Gasteiger partial charge in [-0.1, -0.05) is 37.3 Å². The molecule has 0 bridgehead atoms. The molecule has 4 rings (SSSR count). The SMILES string of the molecule is CCNS(=O)(=O)c1ccc(C(=O)NCc2ccc(N3CCc4ccccc4C3)nc2)cc1. The minimum atomic E-state index is -3.53. The first-order valence-electron chi connectivity index (χ1n) is 10.6. The van der Waals surface area contributed by atoms with Crippen molar-refractivity contribution >= 4 is 21.7 Å². The highest BCUT2D eigenvalue weighted by Gasteiger charge is 2.17. The minimum absolute atomic E-state index is 0.135. The van der Waals surface area contributed by atoms with Crippen LogP contribution < -0.4 is 14.9 Å². The number of hydrogen-bond acceptors (Lipinski definition) is 5. The number of aromatic nitrogens is 1. The van der Waals surface area contributed by atoms with Crippen LogP contribution in [0.5, 0.6) is 0 Å². The van der Waals surface area contributed by atoms with E-state index in [0.717, 1.165) is 30.9 Å². The zero-order valence-electron chi connectivity index (χ0n) is 17.9. The molecule has 1 amide bonds. The molecule has 1 aliphatic rings. The summed E-state index contributed by atoms with van der Waals surface area (Å²) in [6.45, 7) is 4.14. The van der Waals surface area contributed by atoms with Crippen molar-refractivity contribution in [3.05, 3.63) is 89.1 Å². The fraction of sp³-hybridized carbons (Fsp3) is 0.250. The summed E-state index contributed by atoms with van der Waals surface area (Å²) in [5, 5.41) is 2.85. The largest absolute Gasteiger partial charge is 0.352 e. The van der Waals surface area contributed by atoms with Gasteiger partial charge in [0.25, 0.3) is 5.91 Å². The number of carbonyl (C=O) groups excluding carboxylic acids is 1. The summed E-state index contributed by atoms with van der Waals surface area (Å²) in [6.07, 6.45) is 2.78. The van der Waals surface area contributed by atoms with Gasteiger partial charge in [0, 0.05) is 37.9 Å². The molecule has 8 heteroatoms. The average Bonchev–Trinajstić information content (AvgIpc) is 2.82. The number of carbonyl (C=O) groups is 1. The minimum Gasteiger partial charge on any atom is -0.352 e. The maximum atomic E-state index is 12.4. The van der Waals surface area contributed by atoms with E-state index in [1.807, 2.05) is 12.1 Å². The first-order chi connectivity index (χ1) is 15.5. The summed E-state index contributed by atoms with van der Waals surface area (Å²) in [7, 11) is -3.53. The van der Waals surface area contributed by atoms with Crippen molar-refractivity contribution in [2.45, 2.75) is 31.3 Å². The molecular weight excluding hydrogens is 424 g/mol. The van der Waals surface area contributed by atoms with Crippen molar-refractivity contribution in [3.8, 4) is 0 Å². The number of rotatable bonds is 7. The fourth-order valence-electron chi connectivity index (χ4n) is 3.74. The van der Waals surface area contributed by atoms with Crippen molar-refractivity contribution in [1.82, 2.24) is 15.0 Å². The highest BCUT2D eigenvalue weighted by molar-refractivity contribution is 7.89. The standard InChI is InChI=1S/C24H26N4O3S/c1-2-27-32(30,31)22-10-8-20(9-11-22)24(29)26-16-18-7-12-23(25-15-18)28-14-13-19-5-3-4-6-21(19)17-28/h3-12,15,27H,2,13-14,16-17H2,1H3,(H,26,29). The molecule has 0 spiro atoms. The molecule has 32 heavy (non-hydrogen) atoms. The number of sulfonamides is 1. The molecular formula is C24H26N4O3S. The van der Waals surface area contributed by atoms with Gasteiger partial charge in [-0.25, -0.2) is 18.1 Å². The molecule has 0 fully saturated rings. The highest BCUT2D eigenvalue weighted by Crippen LogP contribution is 2.23. The Balaban J connectivity index is 1.34. The second kappa shape index (κ2) is 9.50. The molecule has 0 saturated carbocycles. The lowest BCUT2D eigenvalue weighted by atomic mass is 10.00. The monoisotopic (exact) mass is 450 g/mol. The van der Waals surface area contributed by atoms with Crippen LogP contribution in [0.15, 0.2) is 71.8 Å². The number of hydrogen-bond donors (Lipinski definition) is 2. The van der Waals surface area contributed by atoms with E-state index in [-0.39, 0.29) is 10.8 Å². The van der Waals surface area contributed by atoms with Crippen LogP contribution in [-0.2, 0) is 29.5 Å². The van der Waals surface area contributed by atoms with Gasteiger partial charge in [-0.05, 0) is 53.4 Å². The number of nitrogens with one attached hydrogen (secondary N) is 2. The topological polar surface area (TPSA) is 91.4 Å². The zero-order chi connectivity index (χ0) is 22.6. The Morgan fingerprint density at radius 1 is 1.03 bits per heavy atom. The Bertz CT molecular complexity index is 1190. The first-order valence-corrected chi connectivity index (χ1v) is 12.1. The maximum absolute atomic E-state index is 12.4. The zero-order valence-corrected chi connectivity index (χ0v) is 18.7. The summed E-state index contributed by atoms with van der Waals surface area (Å²) in [6, 6.07) is 18.3. The fourth-order valence-corrected chi connectivity index (χ4v) is 4.78. The molecule has 1 aliphatic heterocycles. The van der Waals surface area contributed by atoms with Crippen LogP contribution in [0.25, 0.3) is 0 Å². The Labute approximate surface area is 188 Å². The lowest BCUT2D eigenvalue weighted by Gasteiger charge is -2.29. The number of nitrogens with zero attached hydrogens (tertiary/aromatic N) is 2. The molecule has 166 valence electrons. The van der Waals surface area contributed by atoms with Gasteiger partial charge in [-0.15, -0.1) is 0 Å². The number of pyridine rings is 1. The van der Waals surface area contributed by atoms with Gasteiger partial charge < -0.3 is 10.2 Å². The molecule has 7 nitrogen and oxygen atoms in total. The molecule has 0 radical (unpaired) electrons. The van der Waals surface area contributed by atoms with E-state index in [9.17, 15) is 13.2 Å². The van der Waals surface area contributed by atoms with Gasteiger partial charge in [0.15, 0.2) is 0 Å². The van der Waals surface area contributed by atoms with Crippen LogP contribution in [0.1, 0.15) is 34.0 Å². The van der Waals surface area contributed by atoms with Crippen molar-refractivity contribution in [2.24, 2.45) is 0 Å². The molecule has 0 aliphatic carbocycles. The molecule has 1 aromatic heterocycles. The predicted octanol–water partition coefficient (Wildman–Crippen LogP) is 2.87.